The van der Waals surface area contributed by atoms with Crippen molar-refractivity contribution < 1.29 is 22.7 Å². The number of carbonyl (C=O) groups excluding carboxylic acids is 1. The van der Waals surface area contributed by atoms with E-state index in [4.69, 9.17) is 9.47 Å². The Morgan fingerprint density at radius 2 is 1.62 bits per heavy atom. The highest BCUT2D eigenvalue weighted by atomic mass is 32.2. The van der Waals surface area contributed by atoms with Gasteiger partial charge in [-0.15, -0.1) is 0 Å². The lowest BCUT2D eigenvalue weighted by Crippen LogP contribution is -2.48. The Hall–Kier alpha value is -1.80. The smallest absolute Gasteiger partial charge is 0.243 e. The molecule has 0 aromatic heterocycles. The maximum Gasteiger partial charge on any atom is 0.243 e. The maximum absolute atomic E-state index is 13.1. The molecule has 1 amide bonds. The van der Waals surface area contributed by atoms with E-state index in [-0.39, 0.29) is 16.7 Å². The van der Waals surface area contributed by atoms with Crippen LogP contribution in [-0.4, -0.2) is 62.9 Å². The van der Waals surface area contributed by atoms with Gasteiger partial charge in [0, 0.05) is 38.2 Å². The van der Waals surface area contributed by atoms with Crippen LogP contribution < -0.4 is 9.47 Å². The first-order chi connectivity index (χ1) is 13.8. The fourth-order valence-corrected chi connectivity index (χ4v) is 6.26. The highest BCUT2D eigenvalue weighted by Gasteiger charge is 2.36. The van der Waals surface area contributed by atoms with Gasteiger partial charge < -0.3 is 14.4 Å². The summed E-state index contributed by atoms with van der Waals surface area (Å²) in [7, 11) is -3.61. The van der Waals surface area contributed by atoms with Crippen LogP contribution in [0.2, 0.25) is 0 Å². The van der Waals surface area contributed by atoms with Crippen LogP contribution in [0.5, 0.6) is 11.5 Å². The van der Waals surface area contributed by atoms with E-state index < -0.39 is 10.0 Å². The predicted octanol–water partition coefficient (Wildman–Crippen LogP) is 2.36. The third-order valence-corrected chi connectivity index (χ3v) is 8.03. The largest absolute Gasteiger partial charge is 0.486 e. The van der Waals surface area contributed by atoms with Crippen LogP contribution in [0.15, 0.2) is 23.1 Å². The fraction of sp³-hybridized carbons (Fsp3) is 0.667. The quantitative estimate of drug-likeness (QED) is 0.748. The van der Waals surface area contributed by atoms with Crippen LogP contribution in [0, 0.1) is 17.8 Å². The highest BCUT2D eigenvalue weighted by molar-refractivity contribution is 7.89. The molecule has 2 fully saturated rings. The number of piperidine rings is 2. The molecule has 0 unspecified atom stereocenters. The van der Waals surface area contributed by atoms with Gasteiger partial charge >= 0.3 is 0 Å². The third-order valence-electron chi connectivity index (χ3n) is 6.14. The number of hydrogen-bond acceptors (Lipinski definition) is 5. The number of hydrogen-bond donors (Lipinski definition) is 0. The molecular formula is C21H30N2O5S. The predicted molar refractivity (Wildman–Crippen MR) is 108 cm³/mol. The van der Waals surface area contributed by atoms with Gasteiger partial charge in [-0.05, 0) is 43.2 Å². The van der Waals surface area contributed by atoms with E-state index in [0.29, 0.717) is 62.5 Å². The van der Waals surface area contributed by atoms with Crippen molar-refractivity contribution in [2.75, 3.05) is 39.4 Å². The van der Waals surface area contributed by atoms with Crippen molar-refractivity contribution in [1.29, 1.82) is 0 Å². The van der Waals surface area contributed by atoms with E-state index in [2.05, 4.69) is 13.8 Å². The molecule has 29 heavy (non-hydrogen) atoms. The first-order valence-electron chi connectivity index (χ1n) is 10.5. The molecule has 1 aromatic rings. The maximum atomic E-state index is 13.1. The van der Waals surface area contributed by atoms with Crippen molar-refractivity contribution in [3.8, 4) is 11.5 Å². The van der Waals surface area contributed by atoms with Gasteiger partial charge in [-0.2, -0.15) is 4.31 Å². The van der Waals surface area contributed by atoms with Gasteiger partial charge in [0.15, 0.2) is 11.5 Å². The minimum atomic E-state index is -3.61. The molecule has 0 N–H and O–H groups in total. The Balaban J connectivity index is 1.40. The number of benzene rings is 1. The Labute approximate surface area is 173 Å². The van der Waals surface area contributed by atoms with Crippen molar-refractivity contribution in [3.63, 3.8) is 0 Å². The van der Waals surface area contributed by atoms with Crippen LogP contribution in [0.1, 0.15) is 33.1 Å². The minimum Gasteiger partial charge on any atom is -0.486 e. The Morgan fingerprint density at radius 1 is 1.00 bits per heavy atom. The summed E-state index contributed by atoms with van der Waals surface area (Å²) in [5.41, 5.74) is 0. The number of sulfonamides is 1. The van der Waals surface area contributed by atoms with Crippen molar-refractivity contribution in [2.45, 2.75) is 38.0 Å². The standard InChI is InChI=1S/C21H30N2O5S/c1-15-11-16(2)14-22(13-15)21(24)17-5-7-23(8-6-17)29(25,26)18-3-4-19-20(12-18)28-10-9-27-19/h3-4,12,15-17H,5-11,13-14H2,1-2H3/t15-,16+. The molecule has 0 spiro atoms. The summed E-state index contributed by atoms with van der Waals surface area (Å²) in [5.74, 6) is 2.20. The molecule has 3 heterocycles. The second-order valence-corrected chi connectivity index (χ2v) is 10.6. The van der Waals surface area contributed by atoms with Gasteiger partial charge in [-0.25, -0.2) is 8.42 Å². The number of amides is 1. The number of ether oxygens (including phenoxy) is 2. The topological polar surface area (TPSA) is 76.2 Å². The molecule has 0 aliphatic carbocycles. The molecule has 3 aliphatic heterocycles. The van der Waals surface area contributed by atoms with E-state index in [1.54, 1.807) is 12.1 Å². The summed E-state index contributed by atoms with van der Waals surface area (Å²) in [6.07, 6.45) is 2.31. The Morgan fingerprint density at radius 3 is 2.28 bits per heavy atom. The summed E-state index contributed by atoms with van der Waals surface area (Å²) in [6, 6.07) is 4.75. The second kappa shape index (κ2) is 8.14. The van der Waals surface area contributed by atoms with Crippen molar-refractivity contribution in [3.05, 3.63) is 18.2 Å². The van der Waals surface area contributed by atoms with Gasteiger partial charge in [0.05, 0.1) is 4.90 Å². The average molecular weight is 423 g/mol. The van der Waals surface area contributed by atoms with Crippen LogP contribution >= 0.6 is 0 Å². The Kier molecular flexibility index (Phi) is 5.75. The van der Waals surface area contributed by atoms with E-state index in [1.165, 1.54) is 10.4 Å². The molecule has 2 atom stereocenters. The van der Waals surface area contributed by atoms with E-state index in [0.717, 1.165) is 19.5 Å². The van der Waals surface area contributed by atoms with Crippen LogP contribution in [0.25, 0.3) is 0 Å². The normalized spacial score (nSPS) is 26.3. The molecule has 3 aliphatic rings. The molecule has 4 rings (SSSR count). The van der Waals surface area contributed by atoms with Crippen LogP contribution in [0.3, 0.4) is 0 Å². The van der Waals surface area contributed by atoms with Gasteiger partial charge in [0.25, 0.3) is 0 Å². The molecule has 2 saturated heterocycles. The molecule has 0 radical (unpaired) electrons. The third kappa shape index (κ3) is 4.23. The number of rotatable bonds is 3. The lowest BCUT2D eigenvalue weighted by Gasteiger charge is -2.39. The highest BCUT2D eigenvalue weighted by Crippen LogP contribution is 2.34. The first kappa shape index (κ1) is 20.5. The monoisotopic (exact) mass is 422 g/mol. The van der Waals surface area contributed by atoms with Crippen molar-refractivity contribution >= 4 is 15.9 Å². The second-order valence-electron chi connectivity index (χ2n) is 8.67. The number of fused-ring (bicyclic) bond motifs is 1. The lowest BCUT2D eigenvalue weighted by molar-refractivity contribution is -0.139. The van der Waals surface area contributed by atoms with Gasteiger partial charge in [-0.1, -0.05) is 13.8 Å². The zero-order chi connectivity index (χ0) is 20.6. The van der Waals surface area contributed by atoms with Crippen molar-refractivity contribution in [2.24, 2.45) is 17.8 Å². The van der Waals surface area contributed by atoms with Gasteiger partial charge in [-0.3, -0.25) is 4.79 Å². The number of likely N-dealkylation sites (tertiary alicyclic amines) is 1. The Bertz CT molecular complexity index is 854. The average Bonchev–Trinajstić information content (AvgIpc) is 2.72. The zero-order valence-corrected chi connectivity index (χ0v) is 18.0. The summed E-state index contributed by atoms with van der Waals surface area (Å²) in [5, 5.41) is 0. The summed E-state index contributed by atoms with van der Waals surface area (Å²) < 4.78 is 38.6. The van der Waals surface area contributed by atoms with E-state index >= 15 is 0 Å². The van der Waals surface area contributed by atoms with Crippen LogP contribution in [-0.2, 0) is 14.8 Å². The van der Waals surface area contributed by atoms with E-state index in [1.807, 2.05) is 4.90 Å². The summed E-state index contributed by atoms with van der Waals surface area (Å²) in [6.45, 7) is 7.64. The van der Waals surface area contributed by atoms with Gasteiger partial charge in [0.1, 0.15) is 13.2 Å². The fourth-order valence-electron chi connectivity index (χ4n) is 4.78. The van der Waals surface area contributed by atoms with Crippen LogP contribution in [0.4, 0.5) is 0 Å². The molecule has 7 nitrogen and oxygen atoms in total. The van der Waals surface area contributed by atoms with Gasteiger partial charge in [0.2, 0.25) is 15.9 Å². The zero-order valence-electron chi connectivity index (χ0n) is 17.2. The molecule has 0 bridgehead atoms. The molecule has 0 saturated carbocycles. The molecule has 160 valence electrons. The van der Waals surface area contributed by atoms with Crippen molar-refractivity contribution in [1.82, 2.24) is 9.21 Å². The first-order valence-corrected chi connectivity index (χ1v) is 12.0. The minimum absolute atomic E-state index is 0.0841. The SMILES string of the molecule is C[C@@H]1C[C@H](C)CN(C(=O)C2CCN(S(=O)(=O)c3ccc4c(c3)OCCO4)CC2)C1. The lowest BCUT2D eigenvalue weighted by atomic mass is 9.89. The molecule has 1 aromatic carbocycles. The summed E-state index contributed by atoms with van der Waals surface area (Å²) in [4.78, 5) is 15.2. The number of nitrogens with zero attached hydrogens (tertiary/aromatic N) is 2. The van der Waals surface area contributed by atoms with E-state index in [9.17, 15) is 13.2 Å². The number of carbonyl (C=O) groups is 1. The summed E-state index contributed by atoms with van der Waals surface area (Å²) >= 11 is 0. The molecule has 8 heteroatoms. The molecular weight excluding hydrogens is 392 g/mol.